The maximum atomic E-state index is 10.3. The molecule has 1 fully saturated rings. The molecule has 0 radical (unpaired) electrons. The van der Waals surface area contributed by atoms with Crippen LogP contribution < -0.4 is 5.73 Å². The van der Waals surface area contributed by atoms with Crippen LogP contribution in [0.3, 0.4) is 0 Å². The first kappa shape index (κ1) is 14.2. The van der Waals surface area contributed by atoms with Gasteiger partial charge in [-0.2, -0.15) is 0 Å². The third-order valence-electron chi connectivity index (χ3n) is 2.02. The SMILES string of the molecule is NC(=O)OC1CCCCC1.O=C(O)C(=O)O. The fourth-order valence-corrected chi connectivity index (χ4v) is 1.35. The predicted octanol–water partition coefficient (Wildman–Crippen LogP) is 0.570. The zero-order valence-corrected chi connectivity index (χ0v) is 8.72. The van der Waals surface area contributed by atoms with Crippen molar-refractivity contribution in [3.63, 3.8) is 0 Å². The molecule has 16 heavy (non-hydrogen) atoms. The van der Waals surface area contributed by atoms with Gasteiger partial charge in [0.15, 0.2) is 0 Å². The first-order chi connectivity index (χ1) is 7.43. The Balaban J connectivity index is 0.000000325. The molecule has 0 heterocycles. The minimum absolute atomic E-state index is 0.103. The number of primary amides is 1. The lowest BCUT2D eigenvalue weighted by atomic mass is 9.98. The number of nitrogens with two attached hydrogens (primary N) is 1. The molecule has 0 aliphatic heterocycles. The third kappa shape index (κ3) is 7.60. The summed E-state index contributed by atoms with van der Waals surface area (Å²) < 4.78 is 4.83. The second-order valence-electron chi connectivity index (χ2n) is 3.31. The maximum absolute atomic E-state index is 10.3. The van der Waals surface area contributed by atoms with Crippen molar-refractivity contribution in [3.05, 3.63) is 0 Å². The Bertz CT molecular complexity index is 247. The lowest BCUT2D eigenvalue weighted by Crippen LogP contribution is -2.24. The fraction of sp³-hybridized carbons (Fsp3) is 0.667. The molecule has 0 aromatic carbocycles. The van der Waals surface area contributed by atoms with E-state index in [0.29, 0.717) is 0 Å². The van der Waals surface area contributed by atoms with Gasteiger partial charge in [-0.1, -0.05) is 6.42 Å². The summed E-state index contributed by atoms with van der Waals surface area (Å²) in [5, 5.41) is 14.8. The van der Waals surface area contributed by atoms with Gasteiger partial charge in [-0.15, -0.1) is 0 Å². The Kier molecular flexibility index (Phi) is 6.66. The van der Waals surface area contributed by atoms with Crippen LogP contribution in [0.15, 0.2) is 0 Å². The molecule has 7 heteroatoms. The van der Waals surface area contributed by atoms with Gasteiger partial charge in [0, 0.05) is 0 Å². The highest BCUT2D eigenvalue weighted by Gasteiger charge is 2.15. The van der Waals surface area contributed by atoms with Crippen molar-refractivity contribution < 1.29 is 29.3 Å². The van der Waals surface area contributed by atoms with Crippen molar-refractivity contribution in [3.8, 4) is 0 Å². The topological polar surface area (TPSA) is 127 Å². The van der Waals surface area contributed by atoms with Gasteiger partial charge in [0.1, 0.15) is 6.10 Å². The number of carbonyl (C=O) groups excluding carboxylic acids is 1. The molecule has 1 rings (SSSR count). The van der Waals surface area contributed by atoms with E-state index >= 15 is 0 Å². The summed E-state index contributed by atoms with van der Waals surface area (Å²) in [4.78, 5) is 28.5. The molecular weight excluding hydrogens is 218 g/mol. The predicted molar refractivity (Wildman–Crippen MR) is 52.8 cm³/mol. The van der Waals surface area contributed by atoms with Gasteiger partial charge in [0.05, 0.1) is 0 Å². The number of hydrogen-bond acceptors (Lipinski definition) is 4. The summed E-state index contributed by atoms with van der Waals surface area (Å²) >= 11 is 0. The molecule has 7 nitrogen and oxygen atoms in total. The minimum atomic E-state index is -1.82. The number of ether oxygens (including phenoxy) is 1. The summed E-state index contributed by atoms with van der Waals surface area (Å²) in [7, 11) is 0. The van der Waals surface area contributed by atoms with Crippen LogP contribution in [-0.2, 0) is 14.3 Å². The molecule has 1 saturated carbocycles. The van der Waals surface area contributed by atoms with E-state index in [1.54, 1.807) is 0 Å². The second-order valence-corrected chi connectivity index (χ2v) is 3.31. The smallest absolute Gasteiger partial charge is 0.414 e. The van der Waals surface area contributed by atoms with Crippen molar-refractivity contribution in [1.29, 1.82) is 0 Å². The molecule has 0 aromatic rings. The maximum Gasteiger partial charge on any atom is 0.414 e. The van der Waals surface area contributed by atoms with Gasteiger partial charge in [-0.25, -0.2) is 14.4 Å². The number of carbonyl (C=O) groups is 3. The molecule has 0 unspecified atom stereocenters. The molecule has 0 saturated heterocycles. The van der Waals surface area contributed by atoms with E-state index in [-0.39, 0.29) is 6.10 Å². The number of rotatable bonds is 1. The van der Waals surface area contributed by atoms with Crippen LogP contribution in [0, 0.1) is 0 Å². The first-order valence-corrected chi connectivity index (χ1v) is 4.85. The minimum Gasteiger partial charge on any atom is -0.473 e. The molecule has 0 bridgehead atoms. The van der Waals surface area contributed by atoms with E-state index in [4.69, 9.17) is 30.3 Å². The van der Waals surface area contributed by atoms with Crippen molar-refractivity contribution in [2.24, 2.45) is 5.73 Å². The van der Waals surface area contributed by atoms with Crippen molar-refractivity contribution in [1.82, 2.24) is 0 Å². The molecular formula is C9H15NO6. The highest BCUT2D eigenvalue weighted by Crippen LogP contribution is 2.19. The summed E-state index contributed by atoms with van der Waals surface area (Å²) in [6.45, 7) is 0. The molecule has 0 atom stereocenters. The van der Waals surface area contributed by atoms with Crippen LogP contribution in [0.2, 0.25) is 0 Å². The number of carboxylic acids is 2. The van der Waals surface area contributed by atoms with Gasteiger partial charge < -0.3 is 20.7 Å². The summed E-state index contributed by atoms with van der Waals surface area (Å²) in [6.07, 6.45) is 5.04. The van der Waals surface area contributed by atoms with Crippen molar-refractivity contribution in [2.45, 2.75) is 38.2 Å². The Morgan fingerprint density at radius 2 is 1.44 bits per heavy atom. The molecule has 1 aliphatic rings. The number of hydrogen-bond donors (Lipinski definition) is 3. The highest BCUT2D eigenvalue weighted by molar-refractivity contribution is 6.27. The summed E-state index contributed by atoms with van der Waals surface area (Å²) in [5.41, 5.74) is 4.86. The van der Waals surface area contributed by atoms with Gasteiger partial charge in [-0.3, -0.25) is 0 Å². The van der Waals surface area contributed by atoms with Gasteiger partial charge >= 0.3 is 18.0 Å². The Labute approximate surface area is 92.2 Å². The van der Waals surface area contributed by atoms with Crippen LogP contribution in [0.1, 0.15) is 32.1 Å². The largest absolute Gasteiger partial charge is 0.473 e. The van der Waals surface area contributed by atoms with E-state index < -0.39 is 18.0 Å². The molecule has 0 spiro atoms. The Hall–Kier alpha value is -1.79. The van der Waals surface area contributed by atoms with Gasteiger partial charge in [-0.05, 0) is 25.7 Å². The average molecular weight is 233 g/mol. The lowest BCUT2D eigenvalue weighted by molar-refractivity contribution is -0.159. The number of carboxylic acid groups (broad SMARTS) is 2. The van der Waals surface area contributed by atoms with E-state index in [1.807, 2.05) is 0 Å². The van der Waals surface area contributed by atoms with Crippen LogP contribution in [0.5, 0.6) is 0 Å². The Morgan fingerprint density at radius 3 is 1.75 bits per heavy atom. The van der Waals surface area contributed by atoms with Gasteiger partial charge in [0.2, 0.25) is 0 Å². The number of amides is 1. The quantitative estimate of drug-likeness (QED) is 0.568. The molecule has 0 aromatic heterocycles. The van der Waals surface area contributed by atoms with Crippen LogP contribution >= 0.6 is 0 Å². The van der Waals surface area contributed by atoms with Crippen LogP contribution in [0.4, 0.5) is 4.79 Å². The van der Waals surface area contributed by atoms with E-state index in [9.17, 15) is 4.79 Å². The van der Waals surface area contributed by atoms with E-state index in [1.165, 1.54) is 6.42 Å². The second kappa shape index (κ2) is 7.49. The zero-order valence-electron chi connectivity index (χ0n) is 8.72. The average Bonchev–Trinajstić information content (AvgIpc) is 2.19. The summed E-state index contributed by atoms with van der Waals surface area (Å²) in [6, 6.07) is 0. The van der Waals surface area contributed by atoms with Crippen molar-refractivity contribution >= 4 is 18.0 Å². The first-order valence-electron chi connectivity index (χ1n) is 4.85. The standard InChI is InChI=1S/C7H13NO2.C2H2O4/c8-7(9)10-6-4-2-1-3-5-6;3-1(4)2(5)6/h6H,1-5H2,(H2,8,9);(H,3,4)(H,5,6). The molecule has 1 aliphatic carbocycles. The Morgan fingerprint density at radius 1 is 1.00 bits per heavy atom. The molecule has 92 valence electrons. The van der Waals surface area contributed by atoms with Crippen LogP contribution in [0.25, 0.3) is 0 Å². The van der Waals surface area contributed by atoms with Crippen LogP contribution in [-0.4, -0.2) is 34.3 Å². The normalized spacial score (nSPS) is 15.5. The van der Waals surface area contributed by atoms with Gasteiger partial charge in [0.25, 0.3) is 0 Å². The monoisotopic (exact) mass is 233 g/mol. The highest BCUT2D eigenvalue weighted by atomic mass is 16.6. The van der Waals surface area contributed by atoms with Crippen molar-refractivity contribution in [2.75, 3.05) is 0 Å². The third-order valence-corrected chi connectivity index (χ3v) is 2.02. The molecule has 4 N–H and O–H groups in total. The summed E-state index contributed by atoms with van der Waals surface area (Å²) in [5.74, 6) is -3.65. The molecule has 1 amide bonds. The lowest BCUT2D eigenvalue weighted by Gasteiger charge is -2.20. The van der Waals surface area contributed by atoms with E-state index in [2.05, 4.69) is 0 Å². The zero-order chi connectivity index (χ0) is 12.6. The van der Waals surface area contributed by atoms with E-state index in [0.717, 1.165) is 25.7 Å². The number of aliphatic carboxylic acids is 2. The fourth-order valence-electron chi connectivity index (χ4n) is 1.35.